The van der Waals surface area contributed by atoms with Crippen LogP contribution in [0, 0.1) is 0 Å². The fourth-order valence-electron chi connectivity index (χ4n) is 1.59. The fraction of sp³-hybridized carbons (Fsp3) is 0.500. The van der Waals surface area contributed by atoms with Crippen LogP contribution < -0.4 is 10.0 Å². The van der Waals surface area contributed by atoms with Crippen molar-refractivity contribution in [3.05, 3.63) is 29.8 Å². The summed E-state index contributed by atoms with van der Waals surface area (Å²) in [5.74, 6) is -0.151. The van der Waals surface area contributed by atoms with Crippen LogP contribution in [0.15, 0.2) is 29.2 Å². The Kier molecular flexibility index (Phi) is 7.34. The summed E-state index contributed by atoms with van der Waals surface area (Å²) in [6.45, 7) is 3.97. The summed E-state index contributed by atoms with van der Waals surface area (Å²) in [4.78, 5) is 11.8. The number of hydrogen-bond acceptors (Lipinski definition) is 3. The van der Waals surface area contributed by atoms with Gasteiger partial charge in [-0.1, -0.05) is 35.0 Å². The van der Waals surface area contributed by atoms with E-state index in [2.05, 4.69) is 26.0 Å². The van der Waals surface area contributed by atoms with Gasteiger partial charge in [-0.05, 0) is 31.0 Å². The summed E-state index contributed by atoms with van der Waals surface area (Å²) in [5, 5.41) is 3.47. The van der Waals surface area contributed by atoms with Gasteiger partial charge in [0.25, 0.3) is 0 Å². The standard InChI is InChI=1S/C14H21BrN2O3S/c1-3-11(2)17-14(18)8-9-16-21(19,20)13-6-4-12(10-15)5-7-13/h4-7,11,16H,3,8-10H2,1-2H3,(H,17,18). The Morgan fingerprint density at radius 3 is 2.43 bits per heavy atom. The molecule has 0 aliphatic carbocycles. The van der Waals surface area contributed by atoms with E-state index in [9.17, 15) is 13.2 Å². The predicted octanol–water partition coefficient (Wildman–Crippen LogP) is 2.16. The maximum Gasteiger partial charge on any atom is 0.240 e. The van der Waals surface area contributed by atoms with Crippen molar-refractivity contribution < 1.29 is 13.2 Å². The molecule has 118 valence electrons. The first kappa shape index (κ1) is 18.1. The average molecular weight is 377 g/mol. The number of amides is 1. The molecule has 0 aliphatic rings. The number of benzene rings is 1. The molecular weight excluding hydrogens is 356 g/mol. The molecule has 0 spiro atoms. The molecule has 21 heavy (non-hydrogen) atoms. The zero-order chi connectivity index (χ0) is 15.9. The van der Waals surface area contributed by atoms with Crippen molar-refractivity contribution in [1.29, 1.82) is 0 Å². The van der Waals surface area contributed by atoms with Crippen LogP contribution in [0.1, 0.15) is 32.3 Å². The van der Waals surface area contributed by atoms with E-state index >= 15 is 0 Å². The van der Waals surface area contributed by atoms with Gasteiger partial charge >= 0.3 is 0 Å². The van der Waals surface area contributed by atoms with Gasteiger partial charge in [0.1, 0.15) is 0 Å². The highest BCUT2D eigenvalue weighted by Gasteiger charge is 2.14. The molecule has 0 fully saturated rings. The summed E-state index contributed by atoms with van der Waals surface area (Å²) in [6.07, 6.45) is 0.973. The Bertz CT molecular complexity index is 558. The zero-order valence-corrected chi connectivity index (χ0v) is 14.6. The molecule has 5 nitrogen and oxygen atoms in total. The van der Waals surface area contributed by atoms with E-state index < -0.39 is 10.0 Å². The SMILES string of the molecule is CCC(C)NC(=O)CCNS(=O)(=O)c1ccc(CBr)cc1. The first-order valence-electron chi connectivity index (χ1n) is 6.83. The molecule has 2 N–H and O–H groups in total. The number of halogens is 1. The van der Waals surface area contributed by atoms with Gasteiger partial charge in [-0.3, -0.25) is 4.79 Å². The van der Waals surface area contributed by atoms with Crippen LogP contribution in [0.3, 0.4) is 0 Å². The van der Waals surface area contributed by atoms with Gasteiger partial charge < -0.3 is 5.32 Å². The normalized spacial score (nSPS) is 12.9. The van der Waals surface area contributed by atoms with Crippen molar-refractivity contribution >= 4 is 31.9 Å². The van der Waals surface area contributed by atoms with Crippen LogP contribution in [0.4, 0.5) is 0 Å². The van der Waals surface area contributed by atoms with Gasteiger partial charge in [-0.2, -0.15) is 0 Å². The number of sulfonamides is 1. The van der Waals surface area contributed by atoms with Crippen LogP contribution in [0.5, 0.6) is 0 Å². The number of nitrogens with one attached hydrogen (secondary N) is 2. The molecule has 0 radical (unpaired) electrons. The van der Waals surface area contributed by atoms with E-state index in [-0.39, 0.29) is 29.8 Å². The van der Waals surface area contributed by atoms with Gasteiger partial charge in [0.05, 0.1) is 4.90 Å². The van der Waals surface area contributed by atoms with Crippen molar-refractivity contribution in [2.75, 3.05) is 6.54 Å². The Labute approximate surface area is 134 Å². The first-order valence-corrected chi connectivity index (χ1v) is 9.43. The summed E-state index contributed by atoms with van der Waals surface area (Å²) >= 11 is 3.31. The van der Waals surface area contributed by atoms with E-state index in [1.165, 1.54) is 0 Å². The van der Waals surface area contributed by atoms with Gasteiger partial charge in [0, 0.05) is 24.3 Å². The highest BCUT2D eigenvalue weighted by molar-refractivity contribution is 9.08. The molecule has 0 saturated carbocycles. The summed E-state index contributed by atoms with van der Waals surface area (Å²) in [5.41, 5.74) is 1.00. The maximum absolute atomic E-state index is 12.0. The predicted molar refractivity (Wildman–Crippen MR) is 86.8 cm³/mol. The Morgan fingerprint density at radius 2 is 1.90 bits per heavy atom. The molecule has 0 bridgehead atoms. The Morgan fingerprint density at radius 1 is 1.29 bits per heavy atom. The maximum atomic E-state index is 12.0. The number of carbonyl (C=O) groups is 1. The van der Waals surface area contributed by atoms with Crippen molar-refractivity contribution in [2.24, 2.45) is 0 Å². The van der Waals surface area contributed by atoms with Crippen molar-refractivity contribution in [3.8, 4) is 0 Å². The monoisotopic (exact) mass is 376 g/mol. The van der Waals surface area contributed by atoms with Crippen LogP contribution in [-0.4, -0.2) is 26.9 Å². The van der Waals surface area contributed by atoms with Crippen molar-refractivity contribution in [2.45, 2.75) is 43.0 Å². The number of hydrogen-bond donors (Lipinski definition) is 2. The first-order chi connectivity index (χ1) is 9.89. The summed E-state index contributed by atoms with van der Waals surface area (Å²) in [6, 6.07) is 6.71. The highest BCUT2D eigenvalue weighted by atomic mass is 79.9. The molecule has 1 atom stereocenters. The molecule has 1 aromatic rings. The van der Waals surface area contributed by atoms with E-state index in [1.54, 1.807) is 24.3 Å². The van der Waals surface area contributed by atoms with Gasteiger partial charge in [0.2, 0.25) is 15.9 Å². The topological polar surface area (TPSA) is 75.3 Å². The average Bonchev–Trinajstić information content (AvgIpc) is 2.46. The third-order valence-corrected chi connectivity index (χ3v) is 5.18. The molecule has 0 aliphatic heterocycles. The van der Waals surface area contributed by atoms with Gasteiger partial charge in [-0.25, -0.2) is 13.1 Å². The van der Waals surface area contributed by atoms with Crippen LogP contribution >= 0.6 is 15.9 Å². The second kappa shape index (κ2) is 8.51. The second-order valence-electron chi connectivity index (χ2n) is 4.80. The summed E-state index contributed by atoms with van der Waals surface area (Å²) in [7, 11) is -3.56. The molecule has 0 aromatic heterocycles. The van der Waals surface area contributed by atoms with Gasteiger partial charge in [-0.15, -0.1) is 0 Å². The molecule has 0 saturated heterocycles. The third-order valence-electron chi connectivity index (χ3n) is 3.05. The van der Waals surface area contributed by atoms with Crippen molar-refractivity contribution in [1.82, 2.24) is 10.0 Å². The number of alkyl halides is 1. The van der Waals surface area contributed by atoms with E-state index in [1.807, 2.05) is 13.8 Å². The molecule has 7 heteroatoms. The largest absolute Gasteiger partial charge is 0.354 e. The Balaban J connectivity index is 2.51. The quantitative estimate of drug-likeness (QED) is 0.682. The smallest absolute Gasteiger partial charge is 0.240 e. The van der Waals surface area contributed by atoms with E-state index in [0.717, 1.165) is 12.0 Å². The lowest BCUT2D eigenvalue weighted by atomic mass is 10.2. The fourth-order valence-corrected chi connectivity index (χ4v) is 2.99. The molecule has 0 heterocycles. The third kappa shape index (κ3) is 6.15. The minimum atomic E-state index is -3.56. The van der Waals surface area contributed by atoms with E-state index in [4.69, 9.17) is 0 Å². The minimum absolute atomic E-state index is 0.0881. The van der Waals surface area contributed by atoms with Crippen LogP contribution in [0.25, 0.3) is 0 Å². The molecular formula is C14H21BrN2O3S. The minimum Gasteiger partial charge on any atom is -0.354 e. The van der Waals surface area contributed by atoms with Crippen LogP contribution in [-0.2, 0) is 20.1 Å². The lowest BCUT2D eigenvalue weighted by Gasteiger charge is -2.11. The lowest BCUT2D eigenvalue weighted by molar-refractivity contribution is -0.121. The molecule has 1 aromatic carbocycles. The van der Waals surface area contributed by atoms with Crippen LogP contribution in [0.2, 0.25) is 0 Å². The van der Waals surface area contributed by atoms with E-state index in [0.29, 0.717) is 5.33 Å². The molecule has 1 rings (SSSR count). The molecule has 1 amide bonds. The number of rotatable bonds is 8. The van der Waals surface area contributed by atoms with Crippen molar-refractivity contribution in [3.63, 3.8) is 0 Å². The number of carbonyl (C=O) groups excluding carboxylic acids is 1. The summed E-state index contributed by atoms with van der Waals surface area (Å²) < 4.78 is 26.5. The lowest BCUT2D eigenvalue weighted by Crippen LogP contribution is -2.35. The zero-order valence-electron chi connectivity index (χ0n) is 12.2. The highest BCUT2D eigenvalue weighted by Crippen LogP contribution is 2.12. The Hall–Kier alpha value is -0.920. The second-order valence-corrected chi connectivity index (χ2v) is 7.13. The van der Waals surface area contributed by atoms with Gasteiger partial charge in [0.15, 0.2) is 0 Å². The molecule has 1 unspecified atom stereocenters.